The van der Waals surface area contributed by atoms with Crippen molar-refractivity contribution in [3.05, 3.63) is 53.5 Å². The standard InChI is InChI=1S/C32H40N8O2/c1-6-28(41)40-21(3)15-39(16-22(40)4)31-24-11-13-38(30-20(2)9-10-26-29(30)35-19-34-26)17-27(24)36-32(25(31)14-33)42-18-23-8-7-12-37(23)5/h6,9-10,19,21-23H,1,7-8,11-13,15-18H2,2-5H3,(H,34,35)/t21-,22+,23?. The van der Waals surface area contributed by atoms with Gasteiger partial charge in [0.15, 0.2) is 0 Å². The van der Waals surface area contributed by atoms with Gasteiger partial charge in [0.2, 0.25) is 11.8 Å². The summed E-state index contributed by atoms with van der Waals surface area (Å²) in [6.07, 6.45) is 6.10. The number of aromatic nitrogens is 3. The first kappa shape index (κ1) is 28.0. The van der Waals surface area contributed by atoms with Crippen LogP contribution in [0.2, 0.25) is 0 Å². The fourth-order valence-electron chi connectivity index (χ4n) is 7.18. The number of likely N-dealkylation sites (N-methyl/N-ethyl adjacent to an activating group) is 1. The predicted molar refractivity (Wildman–Crippen MR) is 164 cm³/mol. The summed E-state index contributed by atoms with van der Waals surface area (Å²) in [5, 5.41) is 10.5. The van der Waals surface area contributed by atoms with E-state index < -0.39 is 0 Å². The molecule has 0 radical (unpaired) electrons. The number of hydrogen-bond acceptors (Lipinski definition) is 8. The molecule has 0 saturated carbocycles. The van der Waals surface area contributed by atoms with Gasteiger partial charge in [-0.25, -0.2) is 9.97 Å². The lowest BCUT2D eigenvalue weighted by Gasteiger charge is -2.46. The maximum Gasteiger partial charge on any atom is 0.246 e. The highest BCUT2D eigenvalue weighted by Gasteiger charge is 2.37. The molecular weight excluding hydrogens is 528 g/mol. The van der Waals surface area contributed by atoms with Crippen LogP contribution in [0.25, 0.3) is 11.0 Å². The summed E-state index contributed by atoms with van der Waals surface area (Å²) in [4.78, 5) is 34.4. The second kappa shape index (κ2) is 11.3. The summed E-state index contributed by atoms with van der Waals surface area (Å²) in [5.74, 6) is 0.350. The van der Waals surface area contributed by atoms with Crippen LogP contribution < -0.4 is 14.5 Å². The normalized spacial score (nSPS) is 22.7. The minimum atomic E-state index is -0.0600. The van der Waals surface area contributed by atoms with E-state index in [0.29, 0.717) is 43.7 Å². The lowest BCUT2D eigenvalue weighted by Crippen LogP contribution is -2.58. The Morgan fingerprint density at radius 3 is 2.69 bits per heavy atom. The van der Waals surface area contributed by atoms with Crippen LogP contribution in [0.1, 0.15) is 49.1 Å². The predicted octanol–water partition coefficient (Wildman–Crippen LogP) is 3.79. The van der Waals surface area contributed by atoms with Gasteiger partial charge in [-0.2, -0.15) is 5.26 Å². The molecule has 6 rings (SSSR count). The minimum absolute atomic E-state index is 0.0360. The first-order valence-corrected chi connectivity index (χ1v) is 15.0. The van der Waals surface area contributed by atoms with Gasteiger partial charge in [0.1, 0.15) is 23.8 Å². The quantitative estimate of drug-likeness (QED) is 0.448. The average Bonchev–Trinajstić information content (AvgIpc) is 3.62. The summed E-state index contributed by atoms with van der Waals surface area (Å²) in [6, 6.07) is 6.91. The second-order valence-electron chi connectivity index (χ2n) is 12.0. The third-order valence-corrected chi connectivity index (χ3v) is 9.24. The number of likely N-dealkylation sites (tertiary alicyclic amines) is 1. The van der Waals surface area contributed by atoms with Crippen LogP contribution >= 0.6 is 0 Å². The van der Waals surface area contributed by atoms with Gasteiger partial charge in [-0.3, -0.25) is 4.79 Å². The van der Waals surface area contributed by atoms with Gasteiger partial charge in [0, 0.05) is 43.3 Å². The number of ether oxygens (including phenoxy) is 1. The number of hydrogen-bond donors (Lipinski definition) is 1. The third-order valence-electron chi connectivity index (χ3n) is 9.24. The number of amides is 1. The zero-order valence-corrected chi connectivity index (χ0v) is 25.1. The molecule has 3 aliphatic rings. The van der Waals surface area contributed by atoms with Crippen molar-refractivity contribution in [2.24, 2.45) is 0 Å². The maximum atomic E-state index is 12.6. The van der Waals surface area contributed by atoms with E-state index in [-0.39, 0.29) is 18.0 Å². The molecule has 1 N–H and O–H groups in total. The van der Waals surface area contributed by atoms with E-state index in [4.69, 9.17) is 9.72 Å². The minimum Gasteiger partial charge on any atom is -0.475 e. The van der Waals surface area contributed by atoms with Gasteiger partial charge in [0.25, 0.3) is 0 Å². The molecule has 3 aromatic rings. The molecule has 0 spiro atoms. The highest BCUT2D eigenvalue weighted by Crippen LogP contribution is 2.40. The number of rotatable bonds is 6. The number of pyridine rings is 1. The van der Waals surface area contributed by atoms with E-state index in [1.807, 2.05) is 4.90 Å². The molecule has 3 atom stereocenters. The van der Waals surface area contributed by atoms with Crippen LogP contribution in [0.5, 0.6) is 5.88 Å². The molecule has 42 heavy (non-hydrogen) atoms. The molecule has 3 aliphatic heterocycles. The number of nitrogens with one attached hydrogen (secondary N) is 1. The summed E-state index contributed by atoms with van der Waals surface area (Å²) >= 11 is 0. The molecule has 0 bridgehead atoms. The van der Waals surface area contributed by atoms with Gasteiger partial charge in [-0.1, -0.05) is 12.6 Å². The Balaban J connectivity index is 1.41. The van der Waals surface area contributed by atoms with E-state index in [9.17, 15) is 10.1 Å². The molecule has 1 aromatic carbocycles. The molecule has 10 nitrogen and oxygen atoms in total. The van der Waals surface area contributed by atoms with Crippen LogP contribution in [0.3, 0.4) is 0 Å². The van der Waals surface area contributed by atoms with E-state index in [2.05, 4.69) is 77.3 Å². The largest absolute Gasteiger partial charge is 0.475 e. The van der Waals surface area contributed by atoms with Crippen molar-refractivity contribution in [2.45, 2.75) is 64.7 Å². The summed E-state index contributed by atoms with van der Waals surface area (Å²) in [5.41, 5.74) is 7.68. The molecule has 2 aromatic heterocycles. The Morgan fingerprint density at radius 2 is 2.00 bits per heavy atom. The summed E-state index contributed by atoms with van der Waals surface area (Å²) in [7, 11) is 2.13. The van der Waals surface area contributed by atoms with Crippen molar-refractivity contribution in [1.82, 2.24) is 24.8 Å². The van der Waals surface area contributed by atoms with Crippen molar-refractivity contribution >= 4 is 28.3 Å². The lowest BCUT2D eigenvalue weighted by molar-refractivity contribution is -0.130. The number of carbonyl (C=O) groups excluding carboxylic acids is 1. The van der Waals surface area contributed by atoms with Gasteiger partial charge in [-0.05, 0) is 71.3 Å². The highest BCUT2D eigenvalue weighted by atomic mass is 16.5. The SMILES string of the molecule is C=CC(=O)N1[C@H](C)CN(c2c(C#N)c(OCC3CCCN3C)nc3c2CCN(c2c(C)ccc4[nH]cnc24)C3)C[C@@H]1C. The van der Waals surface area contributed by atoms with E-state index >= 15 is 0 Å². The van der Waals surface area contributed by atoms with Gasteiger partial charge in [0.05, 0.1) is 35.5 Å². The van der Waals surface area contributed by atoms with Crippen molar-refractivity contribution in [3.63, 3.8) is 0 Å². The third kappa shape index (κ3) is 4.86. The van der Waals surface area contributed by atoms with Crippen LogP contribution in [-0.4, -0.2) is 88.6 Å². The summed E-state index contributed by atoms with van der Waals surface area (Å²) in [6.45, 7) is 14.1. The maximum absolute atomic E-state index is 12.6. The first-order chi connectivity index (χ1) is 20.3. The number of piperazine rings is 1. The number of carbonyl (C=O) groups is 1. The number of H-pyrrole nitrogens is 1. The van der Waals surface area contributed by atoms with Crippen LogP contribution in [0.15, 0.2) is 31.1 Å². The van der Waals surface area contributed by atoms with Crippen LogP contribution in [-0.2, 0) is 17.8 Å². The number of imidazole rings is 1. The Labute approximate surface area is 247 Å². The molecule has 10 heteroatoms. The summed E-state index contributed by atoms with van der Waals surface area (Å²) < 4.78 is 6.42. The van der Waals surface area contributed by atoms with Crippen LogP contribution in [0, 0.1) is 18.3 Å². The Hall–Kier alpha value is -4.10. The fourth-order valence-corrected chi connectivity index (χ4v) is 7.18. The topological polar surface area (TPSA) is 105 Å². The smallest absolute Gasteiger partial charge is 0.246 e. The van der Waals surface area contributed by atoms with Gasteiger partial charge >= 0.3 is 0 Å². The number of benzene rings is 1. The molecule has 1 unspecified atom stereocenters. The van der Waals surface area contributed by atoms with E-state index in [0.717, 1.165) is 66.0 Å². The fraction of sp³-hybridized carbons (Fsp3) is 0.500. The number of anilines is 2. The Morgan fingerprint density at radius 1 is 1.21 bits per heavy atom. The monoisotopic (exact) mass is 568 g/mol. The van der Waals surface area contributed by atoms with Crippen molar-refractivity contribution in [1.29, 1.82) is 5.26 Å². The number of nitriles is 1. The number of fused-ring (bicyclic) bond motifs is 2. The van der Waals surface area contributed by atoms with Gasteiger partial charge in [-0.15, -0.1) is 0 Å². The molecule has 0 aliphatic carbocycles. The lowest BCUT2D eigenvalue weighted by atomic mass is 9.96. The van der Waals surface area contributed by atoms with Crippen molar-refractivity contribution in [3.8, 4) is 11.9 Å². The van der Waals surface area contributed by atoms with Crippen molar-refractivity contribution in [2.75, 3.05) is 49.6 Å². The molecule has 1 amide bonds. The number of nitrogens with zero attached hydrogens (tertiary/aromatic N) is 7. The zero-order chi connectivity index (χ0) is 29.5. The Kier molecular flexibility index (Phi) is 7.54. The molecule has 2 fully saturated rings. The van der Waals surface area contributed by atoms with Crippen LogP contribution in [0.4, 0.5) is 11.4 Å². The number of aryl methyl sites for hydroxylation is 1. The molecule has 2 saturated heterocycles. The number of aromatic amines is 1. The highest BCUT2D eigenvalue weighted by molar-refractivity contribution is 5.91. The van der Waals surface area contributed by atoms with E-state index in [1.54, 1.807) is 6.33 Å². The van der Waals surface area contributed by atoms with Crippen molar-refractivity contribution < 1.29 is 9.53 Å². The Bertz CT molecular complexity index is 1550. The van der Waals surface area contributed by atoms with Gasteiger partial charge < -0.3 is 29.3 Å². The first-order valence-electron chi connectivity index (χ1n) is 15.0. The zero-order valence-electron chi connectivity index (χ0n) is 25.1. The average molecular weight is 569 g/mol. The second-order valence-corrected chi connectivity index (χ2v) is 12.0. The molecule has 5 heterocycles. The molecular formula is C32H40N8O2. The van der Waals surface area contributed by atoms with E-state index in [1.165, 1.54) is 11.6 Å². The molecule has 220 valence electrons.